The van der Waals surface area contributed by atoms with Crippen molar-refractivity contribution in [1.29, 1.82) is 0 Å². The highest BCUT2D eigenvalue weighted by Crippen LogP contribution is 2.25. The van der Waals surface area contributed by atoms with E-state index in [9.17, 15) is 0 Å². The van der Waals surface area contributed by atoms with Gasteiger partial charge in [0.2, 0.25) is 0 Å². The molecule has 4 nitrogen and oxygen atoms in total. The zero-order valence-electron chi connectivity index (χ0n) is 9.30. The summed E-state index contributed by atoms with van der Waals surface area (Å²) < 4.78 is 5.58. The molecule has 1 aliphatic carbocycles. The van der Waals surface area contributed by atoms with Gasteiger partial charge < -0.3 is 15.4 Å². The molecule has 1 saturated carbocycles. The molecule has 1 fully saturated rings. The van der Waals surface area contributed by atoms with E-state index < -0.39 is 0 Å². The first-order chi connectivity index (χ1) is 7.45. The molecule has 0 bridgehead atoms. The third-order valence-electron chi connectivity index (χ3n) is 3.01. The lowest BCUT2D eigenvalue weighted by molar-refractivity contribution is 0.0735. The first kappa shape index (κ1) is 10.7. The van der Waals surface area contributed by atoms with Gasteiger partial charge in [0.05, 0.1) is 6.61 Å². The van der Waals surface area contributed by atoms with Gasteiger partial charge in [-0.05, 0) is 25.2 Å². The van der Waals surface area contributed by atoms with Crippen LogP contribution in [0.25, 0.3) is 0 Å². The van der Waals surface area contributed by atoms with Crippen molar-refractivity contribution in [1.82, 2.24) is 10.6 Å². The Labute approximate surface area is 91.5 Å². The van der Waals surface area contributed by atoms with Crippen LogP contribution in [0.5, 0.6) is 0 Å². The van der Waals surface area contributed by atoms with E-state index in [0.717, 1.165) is 51.1 Å². The third-order valence-corrected chi connectivity index (χ3v) is 3.01. The Bertz CT molecular complexity index is 214. The molecule has 4 heteroatoms. The predicted molar refractivity (Wildman–Crippen MR) is 61.1 cm³/mol. The standard InChI is InChI=1S/C11H21N3O/c1-3-10(4-1)9-15-8-7-14-11-12-5-2-6-13-11/h10H,1-9H2,(H2,12,13,14). The van der Waals surface area contributed by atoms with Crippen molar-refractivity contribution in [3.8, 4) is 0 Å². The summed E-state index contributed by atoms with van der Waals surface area (Å²) in [5.41, 5.74) is 0. The van der Waals surface area contributed by atoms with Gasteiger partial charge in [-0.25, -0.2) is 0 Å². The summed E-state index contributed by atoms with van der Waals surface area (Å²) >= 11 is 0. The molecule has 0 radical (unpaired) electrons. The van der Waals surface area contributed by atoms with E-state index in [1.165, 1.54) is 19.3 Å². The van der Waals surface area contributed by atoms with Crippen LogP contribution in [0.2, 0.25) is 0 Å². The average molecular weight is 211 g/mol. The van der Waals surface area contributed by atoms with Crippen LogP contribution in [0.4, 0.5) is 0 Å². The van der Waals surface area contributed by atoms with E-state index in [2.05, 4.69) is 15.6 Å². The summed E-state index contributed by atoms with van der Waals surface area (Å²) in [5, 5.41) is 6.47. The topological polar surface area (TPSA) is 45.7 Å². The van der Waals surface area contributed by atoms with E-state index in [1.54, 1.807) is 0 Å². The molecule has 0 aromatic rings. The van der Waals surface area contributed by atoms with Crippen molar-refractivity contribution in [2.45, 2.75) is 25.7 Å². The fraction of sp³-hybridized carbons (Fsp3) is 0.909. The lowest BCUT2D eigenvalue weighted by Crippen LogP contribution is -2.42. The summed E-state index contributed by atoms with van der Waals surface area (Å²) in [7, 11) is 0. The van der Waals surface area contributed by atoms with E-state index in [4.69, 9.17) is 4.74 Å². The van der Waals surface area contributed by atoms with Crippen LogP contribution in [0.3, 0.4) is 0 Å². The Morgan fingerprint density at radius 1 is 1.40 bits per heavy atom. The second-order valence-corrected chi connectivity index (χ2v) is 4.31. The molecule has 1 heterocycles. The Morgan fingerprint density at radius 2 is 2.33 bits per heavy atom. The molecular weight excluding hydrogens is 190 g/mol. The maximum Gasteiger partial charge on any atom is 0.191 e. The van der Waals surface area contributed by atoms with Gasteiger partial charge >= 0.3 is 0 Å². The van der Waals surface area contributed by atoms with Crippen LogP contribution in [-0.2, 0) is 4.74 Å². The van der Waals surface area contributed by atoms with E-state index in [1.807, 2.05) is 0 Å². The fourth-order valence-corrected chi connectivity index (χ4v) is 1.80. The fourth-order valence-electron chi connectivity index (χ4n) is 1.80. The molecule has 2 aliphatic rings. The monoisotopic (exact) mass is 211 g/mol. The van der Waals surface area contributed by atoms with Crippen molar-refractivity contribution in [3.05, 3.63) is 0 Å². The second kappa shape index (κ2) is 5.95. The first-order valence-corrected chi connectivity index (χ1v) is 6.05. The van der Waals surface area contributed by atoms with Crippen LogP contribution in [0.15, 0.2) is 4.99 Å². The van der Waals surface area contributed by atoms with Gasteiger partial charge in [-0.15, -0.1) is 0 Å². The number of aliphatic imine (C=N–C) groups is 1. The lowest BCUT2D eigenvalue weighted by Gasteiger charge is -2.25. The molecule has 2 rings (SSSR count). The summed E-state index contributed by atoms with van der Waals surface area (Å²) in [6.07, 6.45) is 5.26. The maximum absolute atomic E-state index is 5.58. The van der Waals surface area contributed by atoms with Gasteiger partial charge in [0.25, 0.3) is 0 Å². The van der Waals surface area contributed by atoms with Gasteiger partial charge in [-0.2, -0.15) is 0 Å². The summed E-state index contributed by atoms with van der Waals surface area (Å²) in [6.45, 7) is 4.57. The normalized spacial score (nSPS) is 21.5. The van der Waals surface area contributed by atoms with Crippen LogP contribution in [-0.4, -0.2) is 38.8 Å². The van der Waals surface area contributed by atoms with Crippen molar-refractivity contribution < 1.29 is 4.74 Å². The summed E-state index contributed by atoms with van der Waals surface area (Å²) in [6, 6.07) is 0. The van der Waals surface area contributed by atoms with E-state index >= 15 is 0 Å². The zero-order valence-corrected chi connectivity index (χ0v) is 9.30. The number of rotatable bonds is 5. The summed E-state index contributed by atoms with van der Waals surface area (Å²) in [4.78, 5) is 4.33. The molecule has 0 aromatic carbocycles. The van der Waals surface area contributed by atoms with Crippen molar-refractivity contribution >= 4 is 5.96 Å². The van der Waals surface area contributed by atoms with E-state index in [0.29, 0.717) is 0 Å². The van der Waals surface area contributed by atoms with Gasteiger partial charge in [0.15, 0.2) is 5.96 Å². The molecule has 0 amide bonds. The van der Waals surface area contributed by atoms with Crippen LogP contribution in [0, 0.1) is 5.92 Å². The highest BCUT2D eigenvalue weighted by molar-refractivity contribution is 5.80. The largest absolute Gasteiger partial charge is 0.379 e. The smallest absolute Gasteiger partial charge is 0.191 e. The molecule has 0 unspecified atom stereocenters. The number of guanidine groups is 1. The van der Waals surface area contributed by atoms with Crippen molar-refractivity contribution in [2.24, 2.45) is 10.9 Å². The number of ether oxygens (including phenoxy) is 1. The van der Waals surface area contributed by atoms with Crippen molar-refractivity contribution in [3.63, 3.8) is 0 Å². The number of hydrogen-bond acceptors (Lipinski definition) is 4. The molecule has 15 heavy (non-hydrogen) atoms. The van der Waals surface area contributed by atoms with Crippen LogP contribution in [0.1, 0.15) is 25.7 Å². The molecule has 86 valence electrons. The highest BCUT2D eigenvalue weighted by atomic mass is 16.5. The first-order valence-electron chi connectivity index (χ1n) is 6.05. The zero-order chi connectivity index (χ0) is 10.3. The minimum atomic E-state index is 0.789. The molecule has 0 spiro atoms. The molecule has 1 aliphatic heterocycles. The Hall–Kier alpha value is -0.770. The Balaban J connectivity index is 1.45. The Kier molecular flexibility index (Phi) is 4.26. The van der Waals surface area contributed by atoms with Crippen molar-refractivity contribution in [2.75, 3.05) is 32.8 Å². The van der Waals surface area contributed by atoms with Gasteiger partial charge in [-0.1, -0.05) is 6.42 Å². The molecular formula is C11H21N3O. The molecule has 0 atom stereocenters. The van der Waals surface area contributed by atoms with Crippen LogP contribution < -0.4 is 10.6 Å². The van der Waals surface area contributed by atoms with Gasteiger partial charge in [0, 0.05) is 26.2 Å². The number of nitrogens with one attached hydrogen (secondary N) is 2. The Morgan fingerprint density at radius 3 is 3.00 bits per heavy atom. The predicted octanol–water partition coefficient (Wildman–Crippen LogP) is 0.742. The average Bonchev–Trinajstić information content (AvgIpc) is 2.22. The quantitative estimate of drug-likeness (QED) is 0.659. The number of hydrogen-bond donors (Lipinski definition) is 2. The van der Waals surface area contributed by atoms with Gasteiger partial charge in [0.1, 0.15) is 0 Å². The SMILES string of the molecule is C1CN=C(NCCOCC2CCC2)NC1. The van der Waals surface area contributed by atoms with Crippen LogP contribution >= 0.6 is 0 Å². The highest BCUT2D eigenvalue weighted by Gasteiger charge is 2.16. The summed E-state index contributed by atoms with van der Waals surface area (Å²) in [5.74, 6) is 1.78. The van der Waals surface area contributed by atoms with E-state index in [-0.39, 0.29) is 0 Å². The molecule has 0 aromatic heterocycles. The third kappa shape index (κ3) is 3.70. The lowest BCUT2D eigenvalue weighted by atomic mass is 9.86. The minimum absolute atomic E-state index is 0.789. The minimum Gasteiger partial charge on any atom is -0.379 e. The van der Waals surface area contributed by atoms with Gasteiger partial charge in [-0.3, -0.25) is 4.99 Å². The maximum atomic E-state index is 5.58. The molecule has 0 saturated heterocycles. The second-order valence-electron chi connectivity index (χ2n) is 4.31. The number of nitrogens with zero attached hydrogens (tertiary/aromatic N) is 1. The molecule has 2 N–H and O–H groups in total.